The highest BCUT2D eigenvalue weighted by atomic mass is 79.9. The average Bonchev–Trinajstić information content (AvgIpc) is 2.76. The standard InChI is InChI=1S/C13H10BrN3/c14-10-4-6-11(7-5-10)16-13-9-15-12-3-1-2-8-17(12)13/h1-9,16H. The molecule has 1 aromatic carbocycles. The Labute approximate surface area is 107 Å². The van der Waals surface area contributed by atoms with Crippen LogP contribution in [0.25, 0.3) is 5.65 Å². The first-order valence-corrected chi connectivity index (χ1v) is 6.07. The van der Waals surface area contributed by atoms with Gasteiger partial charge in [0.1, 0.15) is 11.5 Å². The van der Waals surface area contributed by atoms with Crippen LogP contribution < -0.4 is 5.32 Å². The molecule has 2 aromatic heterocycles. The van der Waals surface area contributed by atoms with E-state index >= 15 is 0 Å². The van der Waals surface area contributed by atoms with Gasteiger partial charge in [0.2, 0.25) is 0 Å². The van der Waals surface area contributed by atoms with Crippen LogP contribution in [0, 0.1) is 0 Å². The SMILES string of the molecule is Brc1ccc(Nc2cnc3ccccn23)cc1. The van der Waals surface area contributed by atoms with E-state index in [2.05, 4.69) is 26.2 Å². The third-order valence-corrected chi connectivity index (χ3v) is 3.06. The average molecular weight is 288 g/mol. The third-order valence-electron chi connectivity index (χ3n) is 2.53. The number of pyridine rings is 1. The minimum atomic E-state index is 0.937. The van der Waals surface area contributed by atoms with Gasteiger partial charge < -0.3 is 5.32 Å². The van der Waals surface area contributed by atoms with Crippen molar-refractivity contribution in [3.8, 4) is 0 Å². The van der Waals surface area contributed by atoms with E-state index in [9.17, 15) is 0 Å². The van der Waals surface area contributed by atoms with Crippen LogP contribution in [0.3, 0.4) is 0 Å². The highest BCUT2D eigenvalue weighted by Gasteiger charge is 2.01. The van der Waals surface area contributed by atoms with E-state index in [1.165, 1.54) is 0 Å². The summed E-state index contributed by atoms with van der Waals surface area (Å²) in [5.41, 5.74) is 1.98. The fourth-order valence-electron chi connectivity index (χ4n) is 1.71. The van der Waals surface area contributed by atoms with Crippen LogP contribution in [0.15, 0.2) is 59.3 Å². The molecule has 4 heteroatoms. The van der Waals surface area contributed by atoms with Crippen LogP contribution in [0.2, 0.25) is 0 Å². The maximum Gasteiger partial charge on any atom is 0.138 e. The smallest absolute Gasteiger partial charge is 0.138 e. The minimum Gasteiger partial charge on any atom is -0.340 e. The second-order valence-electron chi connectivity index (χ2n) is 3.70. The number of benzene rings is 1. The zero-order chi connectivity index (χ0) is 11.7. The monoisotopic (exact) mass is 287 g/mol. The molecule has 0 atom stereocenters. The molecule has 0 unspecified atom stereocenters. The zero-order valence-corrected chi connectivity index (χ0v) is 10.6. The first-order valence-electron chi connectivity index (χ1n) is 5.27. The molecule has 3 aromatic rings. The Morgan fingerprint density at radius 1 is 1.06 bits per heavy atom. The van der Waals surface area contributed by atoms with Crippen LogP contribution in [0.4, 0.5) is 11.5 Å². The van der Waals surface area contributed by atoms with Gasteiger partial charge in [0, 0.05) is 16.4 Å². The summed E-state index contributed by atoms with van der Waals surface area (Å²) in [7, 11) is 0. The molecule has 84 valence electrons. The normalized spacial score (nSPS) is 10.6. The van der Waals surface area contributed by atoms with Gasteiger partial charge in [-0.25, -0.2) is 4.98 Å². The van der Waals surface area contributed by atoms with Gasteiger partial charge in [-0.1, -0.05) is 22.0 Å². The number of anilines is 2. The minimum absolute atomic E-state index is 0.937. The molecular formula is C13H10BrN3. The summed E-state index contributed by atoms with van der Waals surface area (Å²) in [6.45, 7) is 0. The Morgan fingerprint density at radius 2 is 1.88 bits per heavy atom. The molecule has 0 bridgehead atoms. The summed E-state index contributed by atoms with van der Waals surface area (Å²) in [5.74, 6) is 0.961. The zero-order valence-electron chi connectivity index (χ0n) is 8.97. The van der Waals surface area contributed by atoms with Crippen LogP contribution >= 0.6 is 15.9 Å². The molecule has 0 saturated heterocycles. The molecule has 0 saturated carbocycles. The lowest BCUT2D eigenvalue weighted by molar-refractivity contribution is 1.18. The summed E-state index contributed by atoms with van der Waals surface area (Å²) >= 11 is 3.42. The number of hydrogen-bond acceptors (Lipinski definition) is 2. The topological polar surface area (TPSA) is 29.3 Å². The molecule has 0 amide bonds. The van der Waals surface area contributed by atoms with Gasteiger partial charge in [-0.2, -0.15) is 0 Å². The Morgan fingerprint density at radius 3 is 2.71 bits per heavy atom. The van der Waals surface area contributed by atoms with Crippen LogP contribution in [0.5, 0.6) is 0 Å². The highest BCUT2D eigenvalue weighted by Crippen LogP contribution is 2.19. The Kier molecular flexibility index (Phi) is 2.57. The van der Waals surface area contributed by atoms with E-state index in [1.807, 2.05) is 59.3 Å². The van der Waals surface area contributed by atoms with Crippen molar-refractivity contribution in [2.75, 3.05) is 5.32 Å². The summed E-state index contributed by atoms with van der Waals surface area (Å²) < 4.78 is 3.09. The second-order valence-corrected chi connectivity index (χ2v) is 4.62. The van der Waals surface area contributed by atoms with Crippen molar-refractivity contribution in [2.24, 2.45) is 0 Å². The fraction of sp³-hybridized carbons (Fsp3) is 0. The van der Waals surface area contributed by atoms with Gasteiger partial charge in [0.15, 0.2) is 0 Å². The van der Waals surface area contributed by atoms with E-state index < -0.39 is 0 Å². The maximum absolute atomic E-state index is 4.32. The lowest BCUT2D eigenvalue weighted by Crippen LogP contribution is -1.94. The number of rotatable bonds is 2. The predicted molar refractivity (Wildman–Crippen MR) is 72.6 cm³/mol. The van der Waals surface area contributed by atoms with E-state index in [-0.39, 0.29) is 0 Å². The lowest BCUT2D eigenvalue weighted by atomic mass is 10.3. The highest BCUT2D eigenvalue weighted by molar-refractivity contribution is 9.10. The Hall–Kier alpha value is -1.81. The van der Waals surface area contributed by atoms with Gasteiger partial charge in [-0.05, 0) is 36.4 Å². The van der Waals surface area contributed by atoms with Gasteiger partial charge in [-0.15, -0.1) is 0 Å². The lowest BCUT2D eigenvalue weighted by Gasteiger charge is -2.05. The summed E-state index contributed by atoms with van der Waals surface area (Å²) in [4.78, 5) is 4.32. The largest absolute Gasteiger partial charge is 0.340 e. The van der Waals surface area contributed by atoms with Gasteiger partial charge in [0.25, 0.3) is 0 Å². The molecule has 3 nitrogen and oxygen atoms in total. The molecule has 0 spiro atoms. The third kappa shape index (κ3) is 2.03. The molecule has 17 heavy (non-hydrogen) atoms. The van der Waals surface area contributed by atoms with Crippen LogP contribution in [-0.2, 0) is 0 Å². The number of imidazole rings is 1. The van der Waals surface area contributed by atoms with Crippen molar-refractivity contribution in [3.63, 3.8) is 0 Å². The van der Waals surface area contributed by atoms with Crippen molar-refractivity contribution in [1.82, 2.24) is 9.38 Å². The van der Waals surface area contributed by atoms with Crippen molar-refractivity contribution in [2.45, 2.75) is 0 Å². The van der Waals surface area contributed by atoms with E-state index in [1.54, 1.807) is 0 Å². The summed E-state index contributed by atoms with van der Waals surface area (Å²) in [6, 6.07) is 14.0. The number of fused-ring (bicyclic) bond motifs is 1. The molecule has 0 aliphatic rings. The quantitative estimate of drug-likeness (QED) is 0.776. The fourth-order valence-corrected chi connectivity index (χ4v) is 1.97. The number of halogens is 1. The maximum atomic E-state index is 4.32. The molecule has 0 radical (unpaired) electrons. The Bertz CT molecular complexity index is 643. The first kappa shape index (κ1) is 10.4. The first-order chi connectivity index (χ1) is 8.33. The predicted octanol–water partition coefficient (Wildman–Crippen LogP) is 3.84. The van der Waals surface area contributed by atoms with Gasteiger partial charge in [-0.3, -0.25) is 4.40 Å². The van der Waals surface area contributed by atoms with Gasteiger partial charge in [0.05, 0.1) is 6.20 Å². The van der Waals surface area contributed by atoms with E-state index in [0.29, 0.717) is 0 Å². The number of hydrogen-bond donors (Lipinski definition) is 1. The molecule has 2 heterocycles. The molecule has 0 fully saturated rings. The van der Waals surface area contributed by atoms with Crippen molar-refractivity contribution < 1.29 is 0 Å². The molecule has 0 aliphatic carbocycles. The molecule has 1 N–H and O–H groups in total. The summed E-state index contributed by atoms with van der Waals surface area (Å²) in [5, 5.41) is 3.33. The van der Waals surface area contributed by atoms with E-state index in [0.717, 1.165) is 21.6 Å². The number of nitrogens with one attached hydrogen (secondary N) is 1. The van der Waals surface area contributed by atoms with Crippen molar-refractivity contribution >= 4 is 33.1 Å². The Balaban J connectivity index is 1.97. The number of nitrogens with zero attached hydrogens (tertiary/aromatic N) is 2. The molecule has 0 aliphatic heterocycles. The van der Waals surface area contributed by atoms with Gasteiger partial charge >= 0.3 is 0 Å². The van der Waals surface area contributed by atoms with E-state index in [4.69, 9.17) is 0 Å². The summed E-state index contributed by atoms with van der Waals surface area (Å²) in [6.07, 6.45) is 3.82. The number of aromatic nitrogens is 2. The molecular weight excluding hydrogens is 278 g/mol. The molecule has 3 rings (SSSR count). The van der Waals surface area contributed by atoms with Crippen molar-refractivity contribution in [3.05, 3.63) is 59.3 Å². The van der Waals surface area contributed by atoms with Crippen LogP contribution in [-0.4, -0.2) is 9.38 Å². The van der Waals surface area contributed by atoms with Crippen LogP contribution in [0.1, 0.15) is 0 Å². The van der Waals surface area contributed by atoms with Crippen molar-refractivity contribution in [1.29, 1.82) is 0 Å². The second kappa shape index (κ2) is 4.22.